The maximum atomic E-state index is 11.9. The first-order chi connectivity index (χ1) is 11.0. The molecule has 2 rings (SSSR count). The van der Waals surface area contributed by atoms with Gasteiger partial charge in [-0.1, -0.05) is 57.9 Å². The van der Waals surface area contributed by atoms with Gasteiger partial charge in [0.15, 0.2) is 0 Å². The number of carbonyl (C=O) groups is 2. The molecule has 0 atom stereocenters. The second kappa shape index (κ2) is 8.70. The number of hydrogen-bond donors (Lipinski definition) is 2. The Kier molecular flexibility index (Phi) is 6.62. The Morgan fingerprint density at radius 2 is 1.65 bits per heavy atom. The molecule has 120 valence electrons. The molecule has 0 aliphatic heterocycles. The summed E-state index contributed by atoms with van der Waals surface area (Å²) >= 11 is 9.19. The molecule has 0 unspecified atom stereocenters. The lowest BCUT2D eigenvalue weighted by Crippen LogP contribution is -2.37. The minimum Gasteiger partial charge on any atom is -0.350 e. The van der Waals surface area contributed by atoms with E-state index in [2.05, 4.69) is 26.6 Å². The fourth-order valence-electron chi connectivity index (χ4n) is 1.92. The van der Waals surface area contributed by atoms with E-state index in [0.29, 0.717) is 11.6 Å². The molecule has 0 saturated carbocycles. The van der Waals surface area contributed by atoms with E-state index in [0.717, 1.165) is 15.6 Å². The van der Waals surface area contributed by atoms with Crippen LogP contribution in [0.25, 0.3) is 0 Å². The molecule has 2 N–H and O–H groups in total. The Balaban J connectivity index is 1.72. The molecule has 0 bridgehead atoms. The number of rotatable bonds is 6. The quantitative estimate of drug-likeness (QED) is 0.790. The average molecular weight is 396 g/mol. The molecule has 0 spiro atoms. The van der Waals surface area contributed by atoms with E-state index in [9.17, 15) is 9.59 Å². The lowest BCUT2D eigenvalue weighted by Gasteiger charge is -2.08. The van der Waals surface area contributed by atoms with E-state index in [1.54, 1.807) is 12.1 Å². The van der Waals surface area contributed by atoms with Crippen LogP contribution in [0.1, 0.15) is 11.1 Å². The minimum atomic E-state index is -0.236. The molecule has 0 aromatic heterocycles. The zero-order valence-electron chi connectivity index (χ0n) is 12.3. The molecular formula is C17H16BrClN2O2. The number of nitrogens with one attached hydrogen (secondary N) is 2. The second-order valence-corrected chi connectivity index (χ2v) is 6.24. The molecule has 4 nitrogen and oxygen atoms in total. The molecule has 6 heteroatoms. The van der Waals surface area contributed by atoms with E-state index in [4.69, 9.17) is 11.6 Å². The van der Waals surface area contributed by atoms with E-state index in [-0.39, 0.29) is 24.8 Å². The van der Waals surface area contributed by atoms with Crippen molar-refractivity contribution in [2.24, 2.45) is 0 Å². The first kappa shape index (κ1) is 17.5. The van der Waals surface area contributed by atoms with Crippen molar-refractivity contribution in [3.05, 3.63) is 69.2 Å². The first-order valence-corrected chi connectivity index (χ1v) is 8.23. The van der Waals surface area contributed by atoms with Crippen LogP contribution in [0.2, 0.25) is 5.02 Å². The predicted molar refractivity (Wildman–Crippen MR) is 94.2 cm³/mol. The standard InChI is InChI=1S/C17H16BrClN2O2/c18-15-4-2-1-3-13(15)9-16(22)21-11-17(23)20-10-12-5-7-14(19)8-6-12/h1-8H,9-11H2,(H,20,23)(H,21,22). The summed E-state index contributed by atoms with van der Waals surface area (Å²) in [4.78, 5) is 23.6. The molecule has 0 radical (unpaired) electrons. The molecular weight excluding hydrogens is 380 g/mol. The van der Waals surface area contributed by atoms with Gasteiger partial charge >= 0.3 is 0 Å². The van der Waals surface area contributed by atoms with Crippen molar-refractivity contribution in [1.29, 1.82) is 0 Å². The van der Waals surface area contributed by atoms with Crippen molar-refractivity contribution >= 4 is 39.3 Å². The zero-order valence-corrected chi connectivity index (χ0v) is 14.7. The van der Waals surface area contributed by atoms with Gasteiger partial charge < -0.3 is 10.6 Å². The molecule has 0 heterocycles. The maximum Gasteiger partial charge on any atom is 0.239 e. The third kappa shape index (κ3) is 6.04. The smallest absolute Gasteiger partial charge is 0.239 e. The highest BCUT2D eigenvalue weighted by atomic mass is 79.9. The highest BCUT2D eigenvalue weighted by Gasteiger charge is 2.08. The number of amides is 2. The fourth-order valence-corrected chi connectivity index (χ4v) is 2.47. The normalized spacial score (nSPS) is 10.2. The first-order valence-electron chi connectivity index (χ1n) is 7.06. The van der Waals surface area contributed by atoms with Crippen LogP contribution in [0.5, 0.6) is 0 Å². The predicted octanol–water partition coefficient (Wildman–Crippen LogP) is 3.08. The highest BCUT2D eigenvalue weighted by Crippen LogP contribution is 2.16. The fraction of sp³-hybridized carbons (Fsp3) is 0.176. The largest absolute Gasteiger partial charge is 0.350 e. The summed E-state index contributed by atoms with van der Waals surface area (Å²) in [5.74, 6) is -0.432. The van der Waals surface area contributed by atoms with Crippen LogP contribution in [0, 0.1) is 0 Å². The summed E-state index contributed by atoms with van der Waals surface area (Å²) in [7, 11) is 0. The molecule has 0 saturated heterocycles. The van der Waals surface area contributed by atoms with Crippen LogP contribution in [0.4, 0.5) is 0 Å². The van der Waals surface area contributed by atoms with Gasteiger partial charge in [-0.2, -0.15) is 0 Å². The second-order valence-electron chi connectivity index (χ2n) is 4.95. The van der Waals surface area contributed by atoms with Crippen molar-refractivity contribution in [3.63, 3.8) is 0 Å². The third-order valence-corrected chi connectivity index (χ3v) is 4.18. The molecule has 23 heavy (non-hydrogen) atoms. The van der Waals surface area contributed by atoms with Crippen LogP contribution >= 0.6 is 27.5 Å². The Labute approximate surface area is 148 Å². The van der Waals surface area contributed by atoms with E-state index in [1.165, 1.54) is 0 Å². The summed E-state index contributed by atoms with van der Waals surface area (Å²) < 4.78 is 0.877. The monoisotopic (exact) mass is 394 g/mol. The van der Waals surface area contributed by atoms with Gasteiger partial charge in [0, 0.05) is 16.0 Å². The maximum absolute atomic E-state index is 11.9. The molecule has 0 aliphatic carbocycles. The number of carbonyl (C=O) groups excluding carboxylic acids is 2. The number of benzene rings is 2. The van der Waals surface area contributed by atoms with Crippen molar-refractivity contribution in [2.75, 3.05) is 6.54 Å². The Morgan fingerprint density at radius 1 is 0.957 bits per heavy atom. The Hall–Kier alpha value is -1.85. The molecule has 2 aromatic carbocycles. The van der Waals surface area contributed by atoms with Gasteiger partial charge in [-0.05, 0) is 29.3 Å². The average Bonchev–Trinajstić information content (AvgIpc) is 2.54. The third-order valence-electron chi connectivity index (χ3n) is 3.16. The summed E-state index contributed by atoms with van der Waals surface area (Å²) in [5, 5.41) is 6.01. The topological polar surface area (TPSA) is 58.2 Å². The van der Waals surface area contributed by atoms with Gasteiger partial charge in [-0.15, -0.1) is 0 Å². The molecule has 2 aromatic rings. The Bertz CT molecular complexity index is 689. The summed E-state index contributed by atoms with van der Waals surface area (Å²) in [6, 6.07) is 14.7. The summed E-state index contributed by atoms with van der Waals surface area (Å²) in [5.41, 5.74) is 1.83. The van der Waals surface area contributed by atoms with Crippen LogP contribution in [0.15, 0.2) is 53.0 Å². The van der Waals surface area contributed by atoms with Crippen LogP contribution < -0.4 is 10.6 Å². The molecule has 0 fully saturated rings. The van der Waals surface area contributed by atoms with Crippen LogP contribution in [-0.4, -0.2) is 18.4 Å². The van der Waals surface area contributed by atoms with Crippen molar-refractivity contribution in [1.82, 2.24) is 10.6 Å². The summed E-state index contributed by atoms with van der Waals surface area (Å²) in [6.07, 6.45) is 0.228. The zero-order chi connectivity index (χ0) is 16.7. The lowest BCUT2D eigenvalue weighted by molar-refractivity contribution is -0.125. The van der Waals surface area contributed by atoms with Gasteiger partial charge in [0.25, 0.3) is 0 Å². The van der Waals surface area contributed by atoms with Crippen molar-refractivity contribution in [2.45, 2.75) is 13.0 Å². The highest BCUT2D eigenvalue weighted by molar-refractivity contribution is 9.10. The van der Waals surface area contributed by atoms with E-state index >= 15 is 0 Å². The van der Waals surface area contributed by atoms with Gasteiger partial charge in [-0.25, -0.2) is 0 Å². The van der Waals surface area contributed by atoms with E-state index in [1.807, 2.05) is 36.4 Å². The van der Waals surface area contributed by atoms with E-state index < -0.39 is 0 Å². The van der Waals surface area contributed by atoms with Crippen molar-refractivity contribution < 1.29 is 9.59 Å². The van der Waals surface area contributed by atoms with Gasteiger partial charge in [0.2, 0.25) is 11.8 Å². The summed E-state index contributed by atoms with van der Waals surface area (Å²) in [6.45, 7) is 0.354. The van der Waals surface area contributed by atoms with Crippen molar-refractivity contribution in [3.8, 4) is 0 Å². The number of hydrogen-bond acceptors (Lipinski definition) is 2. The minimum absolute atomic E-state index is 0.0448. The van der Waals surface area contributed by atoms with Gasteiger partial charge in [0.1, 0.15) is 0 Å². The molecule has 0 aliphatic rings. The van der Waals surface area contributed by atoms with Crippen LogP contribution in [0.3, 0.4) is 0 Å². The lowest BCUT2D eigenvalue weighted by atomic mass is 10.1. The molecule has 2 amide bonds. The van der Waals surface area contributed by atoms with Gasteiger partial charge in [0.05, 0.1) is 13.0 Å². The Morgan fingerprint density at radius 3 is 2.35 bits per heavy atom. The van der Waals surface area contributed by atoms with Gasteiger partial charge in [-0.3, -0.25) is 9.59 Å². The van der Waals surface area contributed by atoms with Crippen LogP contribution in [-0.2, 0) is 22.6 Å². The number of halogens is 2. The SMILES string of the molecule is O=C(CNC(=O)Cc1ccccc1Br)NCc1ccc(Cl)cc1.